The highest BCUT2D eigenvalue weighted by Crippen LogP contribution is 2.28. The summed E-state index contributed by atoms with van der Waals surface area (Å²) in [6, 6.07) is 14.1. The van der Waals surface area contributed by atoms with Crippen molar-refractivity contribution in [3.63, 3.8) is 0 Å². The van der Waals surface area contributed by atoms with E-state index in [0.717, 1.165) is 22.3 Å². The molecule has 3 rings (SSSR count). The molecule has 0 aliphatic heterocycles. The monoisotopic (exact) mass is 440 g/mol. The van der Waals surface area contributed by atoms with Gasteiger partial charge in [0.2, 0.25) is 0 Å². The number of carbonyl (C=O) groups excluding carboxylic acids is 2. The van der Waals surface area contributed by atoms with Crippen LogP contribution in [0.15, 0.2) is 48.5 Å². The van der Waals surface area contributed by atoms with Gasteiger partial charge in [-0.05, 0) is 74.2 Å². The van der Waals surface area contributed by atoms with E-state index in [1.165, 1.54) is 12.1 Å². The van der Waals surface area contributed by atoms with Gasteiger partial charge in [0.25, 0.3) is 11.8 Å². The number of benzene rings is 3. The lowest BCUT2D eigenvalue weighted by Crippen LogP contribution is -2.21. The van der Waals surface area contributed by atoms with Crippen molar-refractivity contribution >= 4 is 46.4 Å². The Morgan fingerprint density at radius 1 is 0.667 bits per heavy atom. The van der Waals surface area contributed by atoms with Crippen LogP contribution in [0.3, 0.4) is 0 Å². The van der Waals surface area contributed by atoms with Gasteiger partial charge in [-0.2, -0.15) is 0 Å². The van der Waals surface area contributed by atoms with E-state index >= 15 is 0 Å². The first-order valence-electron chi connectivity index (χ1n) is 9.43. The second kappa shape index (κ2) is 8.90. The lowest BCUT2D eigenvalue weighted by atomic mass is 10.0. The van der Waals surface area contributed by atoms with Crippen LogP contribution >= 0.6 is 23.2 Å². The molecule has 0 saturated carbocycles. The van der Waals surface area contributed by atoms with Crippen molar-refractivity contribution in [3.8, 4) is 0 Å². The first-order chi connectivity index (χ1) is 14.2. The second-order valence-corrected chi connectivity index (χ2v) is 8.03. The molecule has 0 unspecified atom stereocenters. The highest BCUT2D eigenvalue weighted by molar-refractivity contribution is 6.42. The molecule has 3 aromatic rings. The molecule has 0 aliphatic rings. The zero-order valence-corrected chi connectivity index (χ0v) is 18.7. The van der Waals surface area contributed by atoms with Crippen LogP contribution in [-0.4, -0.2) is 11.8 Å². The average molecular weight is 441 g/mol. The molecule has 154 valence electrons. The topological polar surface area (TPSA) is 58.2 Å². The lowest BCUT2D eigenvalue weighted by Gasteiger charge is -2.15. The smallest absolute Gasteiger partial charge is 0.256 e. The normalized spacial score (nSPS) is 10.6. The molecule has 2 N–H and O–H groups in total. The predicted molar refractivity (Wildman–Crippen MR) is 124 cm³/mol. The van der Waals surface area contributed by atoms with E-state index < -0.39 is 11.8 Å². The molecule has 0 fully saturated rings. The summed E-state index contributed by atoms with van der Waals surface area (Å²) < 4.78 is 0. The van der Waals surface area contributed by atoms with E-state index in [4.69, 9.17) is 23.2 Å². The van der Waals surface area contributed by atoms with Gasteiger partial charge in [0, 0.05) is 11.4 Å². The number of nitrogens with one attached hydrogen (secondary N) is 2. The molecule has 4 nitrogen and oxygen atoms in total. The minimum absolute atomic E-state index is 0.146. The molecule has 0 aliphatic carbocycles. The molecule has 0 atom stereocenters. The Kier molecular flexibility index (Phi) is 6.49. The van der Waals surface area contributed by atoms with E-state index in [2.05, 4.69) is 10.6 Å². The number of rotatable bonds is 4. The summed E-state index contributed by atoms with van der Waals surface area (Å²) in [5, 5.41) is 6.15. The van der Waals surface area contributed by atoms with Crippen molar-refractivity contribution in [1.29, 1.82) is 0 Å². The Morgan fingerprint density at radius 2 is 1.03 bits per heavy atom. The zero-order chi connectivity index (χ0) is 22.0. The summed E-state index contributed by atoms with van der Waals surface area (Å²) in [5.74, 6) is -0.873. The molecule has 6 heteroatoms. The number of carbonyl (C=O) groups is 2. The first-order valence-corrected chi connectivity index (χ1v) is 10.2. The van der Waals surface area contributed by atoms with Crippen LogP contribution in [0.5, 0.6) is 0 Å². The molecule has 0 heterocycles. The van der Waals surface area contributed by atoms with Crippen LogP contribution in [-0.2, 0) is 0 Å². The Hall–Kier alpha value is -2.82. The second-order valence-electron chi connectivity index (χ2n) is 7.22. The number of anilines is 2. The third-order valence-electron chi connectivity index (χ3n) is 5.26. The Balaban J connectivity index is 1.98. The highest BCUT2D eigenvalue weighted by Gasteiger charge is 2.21. The fraction of sp³-hybridized carbons (Fsp3) is 0.167. The molecule has 0 bridgehead atoms. The van der Waals surface area contributed by atoms with E-state index in [1.54, 1.807) is 0 Å². The van der Waals surface area contributed by atoms with Gasteiger partial charge in [0.1, 0.15) is 0 Å². The summed E-state index contributed by atoms with van der Waals surface area (Å²) in [6.07, 6.45) is 0. The SMILES string of the molecule is Cc1cccc(NC(=O)c2cc(Cl)c(Cl)cc2C(=O)Nc2cccc(C)c2C)c1C. The predicted octanol–water partition coefficient (Wildman–Crippen LogP) is 6.73. The molecule has 2 amide bonds. The summed E-state index contributed by atoms with van der Waals surface area (Å²) in [4.78, 5) is 26.1. The minimum Gasteiger partial charge on any atom is -0.322 e. The van der Waals surface area contributed by atoms with Gasteiger partial charge < -0.3 is 10.6 Å². The van der Waals surface area contributed by atoms with Crippen molar-refractivity contribution < 1.29 is 9.59 Å². The van der Waals surface area contributed by atoms with Crippen molar-refractivity contribution in [3.05, 3.63) is 92.0 Å². The van der Waals surface area contributed by atoms with Gasteiger partial charge in [0.15, 0.2) is 0 Å². The first kappa shape index (κ1) is 21.9. The maximum atomic E-state index is 13.0. The average Bonchev–Trinajstić information content (AvgIpc) is 2.70. The maximum absolute atomic E-state index is 13.0. The minimum atomic E-state index is -0.437. The van der Waals surface area contributed by atoms with Crippen LogP contribution in [0, 0.1) is 27.7 Å². The molecule has 0 radical (unpaired) electrons. The van der Waals surface area contributed by atoms with Crippen LogP contribution in [0.25, 0.3) is 0 Å². The van der Waals surface area contributed by atoms with Gasteiger partial charge in [-0.1, -0.05) is 47.5 Å². The van der Waals surface area contributed by atoms with E-state index in [0.29, 0.717) is 11.4 Å². The largest absolute Gasteiger partial charge is 0.322 e. The van der Waals surface area contributed by atoms with Gasteiger partial charge in [-0.3, -0.25) is 9.59 Å². The van der Waals surface area contributed by atoms with Gasteiger partial charge in [0.05, 0.1) is 21.2 Å². The quantitative estimate of drug-likeness (QED) is 0.472. The Morgan fingerprint density at radius 3 is 1.40 bits per heavy atom. The molecule has 0 spiro atoms. The molecule has 30 heavy (non-hydrogen) atoms. The maximum Gasteiger partial charge on any atom is 0.256 e. The van der Waals surface area contributed by atoms with Crippen LogP contribution in [0.2, 0.25) is 10.0 Å². The van der Waals surface area contributed by atoms with Crippen molar-refractivity contribution in [1.82, 2.24) is 0 Å². The third kappa shape index (κ3) is 4.50. The summed E-state index contributed by atoms with van der Waals surface area (Å²) in [5.41, 5.74) is 5.64. The third-order valence-corrected chi connectivity index (χ3v) is 5.98. The number of hydrogen-bond acceptors (Lipinski definition) is 2. The van der Waals surface area contributed by atoms with Gasteiger partial charge in [-0.25, -0.2) is 0 Å². The summed E-state index contributed by atoms with van der Waals surface area (Å²) in [7, 11) is 0. The Bertz CT molecular complexity index is 1070. The lowest BCUT2D eigenvalue weighted by molar-refractivity contribution is 0.0990. The van der Waals surface area contributed by atoms with Crippen LogP contribution in [0.4, 0.5) is 11.4 Å². The number of amides is 2. The molecule has 3 aromatic carbocycles. The Labute approximate surface area is 186 Å². The molecular weight excluding hydrogens is 419 g/mol. The number of aryl methyl sites for hydroxylation is 2. The fourth-order valence-corrected chi connectivity index (χ4v) is 3.40. The van der Waals surface area contributed by atoms with Crippen LogP contribution < -0.4 is 10.6 Å². The molecular formula is C24H22Cl2N2O2. The number of hydrogen-bond donors (Lipinski definition) is 2. The van der Waals surface area contributed by atoms with Crippen LogP contribution in [0.1, 0.15) is 43.0 Å². The number of halogens is 2. The standard InChI is InChI=1S/C24H22Cl2N2O2/c1-13-7-5-9-21(15(13)3)27-23(29)17-11-19(25)20(26)12-18(17)24(30)28-22-10-6-8-14(2)16(22)4/h5-12H,1-4H3,(H,27,29)(H,28,30). The van der Waals surface area contributed by atoms with E-state index in [1.807, 2.05) is 64.1 Å². The fourth-order valence-electron chi connectivity index (χ4n) is 3.07. The highest BCUT2D eigenvalue weighted by atomic mass is 35.5. The van der Waals surface area contributed by atoms with E-state index in [-0.39, 0.29) is 21.2 Å². The zero-order valence-electron chi connectivity index (χ0n) is 17.2. The molecule has 0 aromatic heterocycles. The summed E-state index contributed by atoms with van der Waals surface area (Å²) >= 11 is 12.3. The summed E-state index contributed by atoms with van der Waals surface area (Å²) in [6.45, 7) is 7.78. The molecule has 0 saturated heterocycles. The van der Waals surface area contributed by atoms with Crippen molar-refractivity contribution in [2.24, 2.45) is 0 Å². The van der Waals surface area contributed by atoms with Crippen molar-refractivity contribution in [2.45, 2.75) is 27.7 Å². The van der Waals surface area contributed by atoms with Gasteiger partial charge >= 0.3 is 0 Å². The van der Waals surface area contributed by atoms with Gasteiger partial charge in [-0.15, -0.1) is 0 Å². The van der Waals surface area contributed by atoms with E-state index in [9.17, 15) is 9.59 Å². The van der Waals surface area contributed by atoms with Crippen molar-refractivity contribution in [2.75, 3.05) is 10.6 Å².